The third-order valence-corrected chi connectivity index (χ3v) is 2.71. The first-order valence-corrected chi connectivity index (χ1v) is 5.38. The van der Waals surface area contributed by atoms with E-state index in [0.717, 1.165) is 6.42 Å². The minimum Gasteiger partial charge on any atom is -0.308 e. The molecule has 0 amide bonds. The molecule has 84 valence electrons. The van der Waals surface area contributed by atoms with Gasteiger partial charge in [-0.2, -0.15) is 9.13 Å². The molecule has 0 aliphatic carbocycles. The fourth-order valence-electron chi connectivity index (χ4n) is 1.81. The Morgan fingerprint density at radius 1 is 1.38 bits per heavy atom. The van der Waals surface area contributed by atoms with Crippen molar-refractivity contribution < 1.29 is 9.13 Å². The minimum atomic E-state index is 0.176. The number of hydrogen-bond donors (Lipinski definition) is 1. The molecule has 0 saturated heterocycles. The Morgan fingerprint density at radius 3 is 2.56 bits per heavy atom. The molecular weight excluding hydrogens is 202 g/mol. The van der Waals surface area contributed by atoms with Crippen LogP contribution in [0.3, 0.4) is 0 Å². The lowest BCUT2D eigenvalue weighted by molar-refractivity contribution is -0.939. The summed E-state index contributed by atoms with van der Waals surface area (Å²) in [4.78, 5) is 0. The van der Waals surface area contributed by atoms with Gasteiger partial charge in [-0.15, -0.1) is 4.68 Å². The van der Waals surface area contributed by atoms with Crippen molar-refractivity contribution in [2.45, 2.75) is 19.5 Å². The zero-order chi connectivity index (χ0) is 11.5. The number of pyridine rings is 1. The van der Waals surface area contributed by atoms with Crippen LogP contribution in [0.5, 0.6) is 0 Å². The van der Waals surface area contributed by atoms with E-state index >= 15 is 0 Å². The van der Waals surface area contributed by atoms with Crippen molar-refractivity contribution >= 4 is 5.95 Å². The van der Waals surface area contributed by atoms with E-state index in [-0.39, 0.29) is 6.17 Å². The van der Waals surface area contributed by atoms with E-state index in [2.05, 4.69) is 16.6 Å². The Morgan fingerprint density at radius 2 is 2.06 bits per heavy atom. The monoisotopic (exact) mass is 219 g/mol. The Bertz CT molecular complexity index is 462. The molecule has 16 heavy (non-hydrogen) atoms. The van der Waals surface area contributed by atoms with Crippen molar-refractivity contribution in [3.05, 3.63) is 36.9 Å². The highest BCUT2D eigenvalue weighted by molar-refractivity contribution is 5.02. The molecule has 0 radical (unpaired) electrons. The first-order valence-electron chi connectivity index (χ1n) is 5.38. The highest BCUT2D eigenvalue weighted by atomic mass is 15.4. The second-order valence-electron chi connectivity index (χ2n) is 3.73. The van der Waals surface area contributed by atoms with E-state index in [9.17, 15) is 0 Å². The van der Waals surface area contributed by atoms with Crippen molar-refractivity contribution in [2.75, 3.05) is 5.73 Å². The maximum atomic E-state index is 5.97. The van der Waals surface area contributed by atoms with E-state index in [4.69, 9.17) is 5.73 Å². The number of nitrogens with zero attached hydrogens (tertiary/aromatic N) is 4. The van der Waals surface area contributed by atoms with Crippen LogP contribution in [-0.2, 0) is 7.05 Å². The summed E-state index contributed by atoms with van der Waals surface area (Å²) in [5, 5.41) is 4.15. The van der Waals surface area contributed by atoms with Gasteiger partial charge in [0.25, 0.3) is 6.17 Å². The van der Waals surface area contributed by atoms with Crippen LogP contribution in [0.4, 0.5) is 5.95 Å². The molecule has 5 heteroatoms. The molecule has 2 rings (SSSR count). The van der Waals surface area contributed by atoms with Crippen LogP contribution in [0.1, 0.15) is 19.5 Å². The summed E-state index contributed by atoms with van der Waals surface area (Å²) in [6.07, 6.45) is 6.97. The van der Waals surface area contributed by atoms with Crippen LogP contribution in [-0.4, -0.2) is 9.78 Å². The van der Waals surface area contributed by atoms with E-state index in [0.29, 0.717) is 5.95 Å². The fraction of sp³-hybridized carbons (Fsp3) is 0.364. The standard InChI is InChI=1S/C11H16N5/c1-3-10(15-7-5-4-6-8-15)16-9-13-14(2)11(16)12/h4-10,12H,3H2,1-2H3/q+1/p+1. The van der Waals surface area contributed by atoms with Gasteiger partial charge in [-0.05, 0) is 5.10 Å². The molecule has 0 fully saturated rings. The molecule has 0 saturated carbocycles. The zero-order valence-electron chi connectivity index (χ0n) is 9.61. The quantitative estimate of drug-likeness (QED) is 0.741. The van der Waals surface area contributed by atoms with Crippen molar-refractivity contribution in [3.8, 4) is 0 Å². The third-order valence-electron chi connectivity index (χ3n) is 2.71. The average molecular weight is 219 g/mol. The van der Waals surface area contributed by atoms with Gasteiger partial charge in [0.2, 0.25) is 6.33 Å². The van der Waals surface area contributed by atoms with Crippen molar-refractivity contribution in [2.24, 2.45) is 7.05 Å². The van der Waals surface area contributed by atoms with Gasteiger partial charge in [0.15, 0.2) is 12.4 Å². The Hall–Kier alpha value is -1.91. The molecule has 5 nitrogen and oxygen atoms in total. The van der Waals surface area contributed by atoms with Gasteiger partial charge < -0.3 is 5.73 Å². The lowest BCUT2D eigenvalue weighted by Gasteiger charge is -2.08. The summed E-state index contributed by atoms with van der Waals surface area (Å²) in [7, 11) is 1.84. The van der Waals surface area contributed by atoms with E-state index in [1.807, 2.05) is 42.2 Å². The molecule has 2 aromatic heterocycles. The van der Waals surface area contributed by atoms with E-state index in [1.165, 1.54) is 0 Å². The molecular formula is C11H17N5+2. The van der Waals surface area contributed by atoms with Gasteiger partial charge >= 0.3 is 5.95 Å². The van der Waals surface area contributed by atoms with Gasteiger partial charge in [-0.1, -0.05) is 13.0 Å². The first-order chi connectivity index (χ1) is 7.74. The topological polar surface area (TPSA) is 51.6 Å². The fourth-order valence-corrected chi connectivity index (χ4v) is 1.81. The van der Waals surface area contributed by atoms with Gasteiger partial charge in [0, 0.05) is 18.6 Å². The lowest BCUT2D eigenvalue weighted by atomic mass is 10.3. The van der Waals surface area contributed by atoms with Crippen LogP contribution in [0.15, 0.2) is 36.9 Å². The molecule has 0 bridgehead atoms. The van der Waals surface area contributed by atoms with Crippen LogP contribution in [0.2, 0.25) is 0 Å². The van der Waals surface area contributed by atoms with Crippen LogP contribution < -0.4 is 14.9 Å². The van der Waals surface area contributed by atoms with Crippen LogP contribution in [0.25, 0.3) is 0 Å². The first kappa shape index (κ1) is 10.6. The van der Waals surface area contributed by atoms with Crippen LogP contribution >= 0.6 is 0 Å². The number of nitrogen functional groups attached to an aromatic ring is 1. The van der Waals surface area contributed by atoms with E-state index < -0.39 is 0 Å². The summed E-state index contributed by atoms with van der Waals surface area (Å²) < 4.78 is 5.77. The predicted molar refractivity (Wildman–Crippen MR) is 59.2 cm³/mol. The van der Waals surface area contributed by atoms with Gasteiger partial charge in [-0.3, -0.25) is 0 Å². The highest BCUT2D eigenvalue weighted by Gasteiger charge is 2.25. The van der Waals surface area contributed by atoms with Crippen molar-refractivity contribution in [1.29, 1.82) is 0 Å². The summed E-state index contributed by atoms with van der Waals surface area (Å²) >= 11 is 0. The van der Waals surface area contributed by atoms with E-state index in [1.54, 1.807) is 11.0 Å². The third kappa shape index (κ3) is 1.76. The van der Waals surface area contributed by atoms with Crippen molar-refractivity contribution in [1.82, 2.24) is 9.78 Å². The molecule has 1 atom stereocenters. The maximum Gasteiger partial charge on any atom is 0.347 e. The zero-order valence-corrected chi connectivity index (χ0v) is 9.61. The van der Waals surface area contributed by atoms with Gasteiger partial charge in [0.1, 0.15) is 0 Å². The number of hydrogen-bond acceptors (Lipinski definition) is 2. The largest absolute Gasteiger partial charge is 0.347 e. The number of nitrogens with two attached hydrogens (primary N) is 1. The highest BCUT2D eigenvalue weighted by Crippen LogP contribution is 2.00. The summed E-state index contributed by atoms with van der Waals surface area (Å²) in [6.45, 7) is 2.13. The van der Waals surface area contributed by atoms with Gasteiger partial charge in [-0.25, -0.2) is 0 Å². The number of aromatic nitrogens is 4. The number of anilines is 1. The Labute approximate surface area is 94.8 Å². The summed E-state index contributed by atoms with van der Waals surface area (Å²) in [6, 6.07) is 6.02. The minimum absolute atomic E-state index is 0.176. The van der Waals surface area contributed by atoms with Crippen molar-refractivity contribution in [3.63, 3.8) is 0 Å². The Kier molecular flexibility index (Phi) is 2.85. The predicted octanol–water partition coefficient (Wildman–Crippen LogP) is 0.0342. The molecule has 2 aromatic rings. The number of rotatable bonds is 3. The summed E-state index contributed by atoms with van der Waals surface area (Å²) in [5.41, 5.74) is 5.97. The molecule has 0 aliphatic heterocycles. The SMILES string of the molecule is CCC([n+]1ccccc1)[n+]1cnn(C)c1N. The second-order valence-corrected chi connectivity index (χ2v) is 3.73. The molecule has 0 spiro atoms. The second kappa shape index (κ2) is 4.30. The molecule has 2 N–H and O–H groups in total. The van der Waals surface area contributed by atoms with Gasteiger partial charge in [0.05, 0.1) is 7.05 Å². The molecule has 0 aliphatic rings. The molecule has 0 aromatic carbocycles. The normalized spacial score (nSPS) is 12.6. The number of aryl methyl sites for hydroxylation is 1. The Balaban J connectivity index is 2.41. The average Bonchev–Trinajstić information content (AvgIpc) is 2.64. The van der Waals surface area contributed by atoms with Crippen LogP contribution in [0, 0.1) is 0 Å². The molecule has 1 unspecified atom stereocenters. The summed E-state index contributed by atoms with van der Waals surface area (Å²) in [5.74, 6) is 0.656. The lowest BCUT2D eigenvalue weighted by Crippen LogP contribution is -2.57. The maximum absolute atomic E-state index is 5.97. The smallest absolute Gasteiger partial charge is 0.308 e. The molecule has 2 heterocycles.